The van der Waals surface area contributed by atoms with Crippen LogP contribution in [0.15, 0.2) is 12.1 Å². The topological polar surface area (TPSA) is 60.7 Å². The van der Waals surface area contributed by atoms with Crippen molar-refractivity contribution in [2.24, 2.45) is 0 Å². The second-order valence-corrected chi connectivity index (χ2v) is 3.02. The van der Waals surface area contributed by atoms with Gasteiger partial charge in [0.25, 0.3) is 0 Å². The summed E-state index contributed by atoms with van der Waals surface area (Å²) in [6, 6.07) is 3.51. The van der Waals surface area contributed by atoms with E-state index < -0.39 is 0 Å². The molecule has 0 saturated heterocycles. The second-order valence-electron chi connectivity index (χ2n) is 3.02. The number of aryl methyl sites for hydroxylation is 1. The van der Waals surface area contributed by atoms with Crippen molar-refractivity contribution in [3.8, 4) is 0 Å². The minimum Gasteiger partial charge on any atom is -0.392 e. The Labute approximate surface area is 77.3 Å². The molecule has 3 nitrogen and oxygen atoms in total. The Morgan fingerprint density at radius 1 is 0.846 bits per heavy atom. The molecule has 1 aromatic rings. The first-order valence-corrected chi connectivity index (χ1v) is 4.16. The molecule has 0 amide bonds. The van der Waals surface area contributed by atoms with Crippen molar-refractivity contribution in [2.45, 2.75) is 26.7 Å². The van der Waals surface area contributed by atoms with E-state index in [1.807, 2.05) is 6.92 Å². The fourth-order valence-corrected chi connectivity index (χ4v) is 1.33. The summed E-state index contributed by atoms with van der Waals surface area (Å²) in [5, 5.41) is 26.9. The van der Waals surface area contributed by atoms with Crippen molar-refractivity contribution in [1.82, 2.24) is 0 Å². The molecule has 3 heteroatoms. The lowest BCUT2D eigenvalue weighted by atomic mass is 10.0. The van der Waals surface area contributed by atoms with Gasteiger partial charge in [-0.25, -0.2) is 0 Å². The third kappa shape index (κ3) is 2.06. The van der Waals surface area contributed by atoms with E-state index >= 15 is 0 Å². The van der Waals surface area contributed by atoms with E-state index in [2.05, 4.69) is 0 Å². The molecule has 3 N–H and O–H groups in total. The van der Waals surface area contributed by atoms with Gasteiger partial charge in [-0.1, -0.05) is 12.1 Å². The maximum Gasteiger partial charge on any atom is 0.0685 e. The van der Waals surface area contributed by atoms with Crippen molar-refractivity contribution >= 4 is 0 Å². The molecule has 0 aliphatic rings. The van der Waals surface area contributed by atoms with Crippen LogP contribution in [0.5, 0.6) is 0 Å². The molecule has 0 saturated carbocycles. The molecule has 0 unspecified atom stereocenters. The van der Waals surface area contributed by atoms with Crippen LogP contribution in [0.2, 0.25) is 0 Å². The van der Waals surface area contributed by atoms with Gasteiger partial charge in [-0.15, -0.1) is 0 Å². The minimum absolute atomic E-state index is 0.0372. The third-order valence-electron chi connectivity index (χ3n) is 2.17. The van der Waals surface area contributed by atoms with Crippen LogP contribution in [-0.4, -0.2) is 15.3 Å². The van der Waals surface area contributed by atoms with Crippen molar-refractivity contribution in [2.75, 3.05) is 0 Å². The Morgan fingerprint density at radius 3 is 1.77 bits per heavy atom. The van der Waals surface area contributed by atoms with Crippen LogP contribution in [-0.2, 0) is 19.8 Å². The number of hydrogen-bond donors (Lipinski definition) is 3. The number of hydrogen-bond acceptors (Lipinski definition) is 3. The van der Waals surface area contributed by atoms with Gasteiger partial charge in [-0.3, -0.25) is 0 Å². The van der Waals surface area contributed by atoms with Gasteiger partial charge in [0.2, 0.25) is 0 Å². The highest BCUT2D eigenvalue weighted by molar-refractivity contribution is 5.36. The second kappa shape index (κ2) is 4.37. The van der Waals surface area contributed by atoms with Gasteiger partial charge in [0.1, 0.15) is 0 Å². The molecule has 1 aromatic carbocycles. The highest BCUT2D eigenvalue weighted by Crippen LogP contribution is 2.16. The summed E-state index contributed by atoms with van der Waals surface area (Å²) in [6.07, 6.45) is 0. The summed E-state index contributed by atoms with van der Waals surface area (Å²) in [5.41, 5.74) is 3.12. The van der Waals surface area contributed by atoms with E-state index in [1.54, 1.807) is 12.1 Å². The van der Waals surface area contributed by atoms with Crippen LogP contribution in [0.4, 0.5) is 0 Å². The smallest absolute Gasteiger partial charge is 0.0685 e. The average molecular weight is 182 g/mol. The van der Waals surface area contributed by atoms with Crippen LogP contribution < -0.4 is 0 Å². The predicted molar refractivity (Wildman–Crippen MR) is 48.9 cm³/mol. The first kappa shape index (κ1) is 10.2. The standard InChI is InChI=1S/C10H14O3/c1-7-2-9(5-12)10(6-13)3-8(7)4-11/h2-3,11-13H,4-6H2,1H3. The lowest BCUT2D eigenvalue weighted by molar-refractivity contribution is 0.257. The maximum atomic E-state index is 8.97. The van der Waals surface area contributed by atoms with E-state index in [9.17, 15) is 0 Å². The Kier molecular flexibility index (Phi) is 3.42. The number of benzene rings is 1. The number of rotatable bonds is 3. The van der Waals surface area contributed by atoms with Gasteiger partial charge >= 0.3 is 0 Å². The molecule has 0 spiro atoms. The summed E-state index contributed by atoms with van der Waals surface area (Å²) in [4.78, 5) is 0. The quantitative estimate of drug-likeness (QED) is 0.637. The fourth-order valence-electron chi connectivity index (χ4n) is 1.33. The Bertz CT molecular complexity index is 294. The SMILES string of the molecule is Cc1cc(CO)c(CO)cc1CO. The Hall–Kier alpha value is -0.900. The third-order valence-corrected chi connectivity index (χ3v) is 2.17. The number of aliphatic hydroxyl groups is 3. The molecule has 0 aliphatic carbocycles. The molecule has 0 fully saturated rings. The predicted octanol–water partition coefficient (Wildman–Crippen LogP) is 0.472. The summed E-state index contributed by atoms with van der Waals surface area (Å²) >= 11 is 0. The largest absolute Gasteiger partial charge is 0.392 e. The molecule has 72 valence electrons. The van der Waals surface area contributed by atoms with Crippen LogP contribution in [0.3, 0.4) is 0 Å². The molecule has 0 heterocycles. The first-order valence-electron chi connectivity index (χ1n) is 4.16. The molecule has 0 aromatic heterocycles. The molecule has 1 rings (SSSR count). The lowest BCUT2D eigenvalue weighted by Gasteiger charge is -2.09. The molecule has 0 radical (unpaired) electrons. The highest BCUT2D eigenvalue weighted by Gasteiger charge is 2.05. The zero-order valence-electron chi connectivity index (χ0n) is 7.62. The Morgan fingerprint density at radius 2 is 1.31 bits per heavy atom. The molecule has 13 heavy (non-hydrogen) atoms. The molecule has 0 bridgehead atoms. The summed E-state index contributed by atoms with van der Waals surface area (Å²) in [6.45, 7) is 1.64. The summed E-state index contributed by atoms with van der Waals surface area (Å²) in [7, 11) is 0. The van der Waals surface area contributed by atoms with Gasteiger partial charge < -0.3 is 15.3 Å². The molecular formula is C10H14O3. The lowest BCUT2D eigenvalue weighted by Crippen LogP contribution is -1.99. The Balaban J connectivity index is 3.18. The van der Waals surface area contributed by atoms with Gasteiger partial charge in [0.05, 0.1) is 19.8 Å². The van der Waals surface area contributed by atoms with Crippen LogP contribution in [0.25, 0.3) is 0 Å². The monoisotopic (exact) mass is 182 g/mol. The molecule has 0 atom stereocenters. The first-order chi connectivity index (χ1) is 6.22. The van der Waals surface area contributed by atoms with E-state index in [0.29, 0.717) is 5.56 Å². The van der Waals surface area contributed by atoms with E-state index in [0.717, 1.165) is 16.7 Å². The van der Waals surface area contributed by atoms with Crippen LogP contribution >= 0.6 is 0 Å². The fraction of sp³-hybridized carbons (Fsp3) is 0.400. The maximum absolute atomic E-state index is 8.97. The van der Waals surface area contributed by atoms with Gasteiger partial charge in [0.15, 0.2) is 0 Å². The van der Waals surface area contributed by atoms with Crippen molar-refractivity contribution in [3.63, 3.8) is 0 Å². The zero-order valence-corrected chi connectivity index (χ0v) is 7.62. The highest BCUT2D eigenvalue weighted by atomic mass is 16.3. The van der Waals surface area contributed by atoms with E-state index in [1.165, 1.54) is 0 Å². The van der Waals surface area contributed by atoms with Crippen molar-refractivity contribution < 1.29 is 15.3 Å². The average Bonchev–Trinajstić information content (AvgIpc) is 2.17. The normalized spacial score (nSPS) is 10.5. The van der Waals surface area contributed by atoms with Crippen molar-refractivity contribution in [1.29, 1.82) is 0 Å². The molecular weight excluding hydrogens is 168 g/mol. The van der Waals surface area contributed by atoms with Gasteiger partial charge in [-0.2, -0.15) is 0 Å². The molecule has 0 aliphatic heterocycles. The van der Waals surface area contributed by atoms with Crippen LogP contribution in [0, 0.1) is 6.92 Å². The van der Waals surface area contributed by atoms with E-state index in [4.69, 9.17) is 15.3 Å². The van der Waals surface area contributed by atoms with Gasteiger partial charge in [0, 0.05) is 0 Å². The number of aliphatic hydroxyl groups excluding tert-OH is 3. The zero-order chi connectivity index (χ0) is 9.84. The summed E-state index contributed by atoms with van der Waals surface area (Å²) in [5.74, 6) is 0. The van der Waals surface area contributed by atoms with E-state index in [-0.39, 0.29) is 19.8 Å². The van der Waals surface area contributed by atoms with Crippen molar-refractivity contribution in [3.05, 3.63) is 34.4 Å². The minimum atomic E-state index is -0.108. The van der Waals surface area contributed by atoms with Crippen LogP contribution in [0.1, 0.15) is 22.3 Å². The summed E-state index contributed by atoms with van der Waals surface area (Å²) < 4.78 is 0. The van der Waals surface area contributed by atoms with Gasteiger partial charge in [-0.05, 0) is 29.2 Å².